The van der Waals surface area contributed by atoms with Crippen LogP contribution in [0.1, 0.15) is 6.23 Å². The predicted octanol–water partition coefficient (Wildman–Crippen LogP) is -1.05. The van der Waals surface area contributed by atoms with Gasteiger partial charge in [0, 0.05) is 6.54 Å². The van der Waals surface area contributed by atoms with Crippen LogP contribution in [0.3, 0.4) is 0 Å². The van der Waals surface area contributed by atoms with Gasteiger partial charge in [-0.2, -0.15) is 0 Å². The van der Waals surface area contributed by atoms with E-state index in [1.807, 2.05) is 0 Å². The molecule has 0 amide bonds. The minimum atomic E-state index is -1.21. The quantitative estimate of drug-likeness (QED) is 0.291. The van der Waals surface area contributed by atoms with Crippen LogP contribution in [0.2, 0.25) is 0 Å². The van der Waals surface area contributed by atoms with Gasteiger partial charge in [0.25, 0.3) is 0 Å². The van der Waals surface area contributed by atoms with E-state index in [2.05, 4.69) is 42.6 Å². The Balaban J connectivity index is 1.87. The van der Waals surface area contributed by atoms with Crippen LogP contribution in [0.4, 0.5) is 5.82 Å². The lowest BCUT2D eigenvalue weighted by atomic mass is 10.1. The molecule has 128 valence electrons. The van der Waals surface area contributed by atoms with Gasteiger partial charge in [-0.15, -0.1) is 0 Å². The second kappa shape index (κ2) is 7.26. The minimum Gasteiger partial charge on any atom is -0.394 e. The van der Waals surface area contributed by atoms with Gasteiger partial charge in [0.2, 0.25) is 0 Å². The summed E-state index contributed by atoms with van der Waals surface area (Å²) in [6, 6.07) is 0. The molecule has 4 unspecified atom stereocenters. The fourth-order valence-electron chi connectivity index (χ4n) is 2.55. The molecule has 1 aliphatic heterocycles. The number of aliphatic hydroxyl groups is 3. The van der Waals surface area contributed by atoms with Crippen molar-refractivity contribution in [2.24, 2.45) is 4.99 Å². The standard InChI is InChI=1S/C13H16N6O4S/c20-3-7-9(21)10(22)13(23-7)19-5-18-8-11(15-2-1-14-6-24)16-4-17-12(8)19/h4-5,7,9-10,13,20-22H,1-3H2,(H,15,16,17). The molecule has 3 rings (SSSR count). The number of isothiocyanates is 1. The summed E-state index contributed by atoms with van der Waals surface area (Å²) in [5.74, 6) is 0.505. The summed E-state index contributed by atoms with van der Waals surface area (Å²) in [5.41, 5.74) is 0.919. The van der Waals surface area contributed by atoms with Crippen molar-refractivity contribution in [2.75, 3.05) is 25.0 Å². The Kier molecular flexibility index (Phi) is 5.09. The fraction of sp³-hybridized carbons (Fsp3) is 0.538. The molecule has 2 aromatic rings. The number of imidazole rings is 1. The molecule has 1 fully saturated rings. The zero-order valence-corrected chi connectivity index (χ0v) is 13.3. The predicted molar refractivity (Wildman–Crippen MR) is 86.7 cm³/mol. The highest BCUT2D eigenvalue weighted by atomic mass is 32.1. The van der Waals surface area contributed by atoms with Crippen molar-refractivity contribution in [3.8, 4) is 0 Å². The van der Waals surface area contributed by atoms with Crippen LogP contribution in [0.5, 0.6) is 0 Å². The molecule has 1 saturated heterocycles. The molecule has 24 heavy (non-hydrogen) atoms. The number of hydrogen-bond donors (Lipinski definition) is 4. The number of nitrogens with one attached hydrogen (secondary N) is 1. The number of aromatic nitrogens is 4. The first kappa shape index (κ1) is 16.8. The van der Waals surface area contributed by atoms with Gasteiger partial charge < -0.3 is 25.4 Å². The zero-order chi connectivity index (χ0) is 17.1. The smallest absolute Gasteiger partial charge is 0.167 e. The van der Waals surface area contributed by atoms with Crippen LogP contribution in [-0.2, 0) is 4.74 Å². The normalized spacial score (nSPS) is 26.5. The number of aliphatic imine (C=N–C) groups is 1. The molecule has 0 bridgehead atoms. The Bertz CT molecular complexity index is 764. The first-order chi connectivity index (χ1) is 11.7. The van der Waals surface area contributed by atoms with Crippen molar-refractivity contribution in [1.82, 2.24) is 19.5 Å². The summed E-state index contributed by atoms with van der Waals surface area (Å²) in [4.78, 5) is 16.3. The molecule has 10 nitrogen and oxygen atoms in total. The van der Waals surface area contributed by atoms with Gasteiger partial charge in [0.1, 0.15) is 24.6 Å². The molecule has 0 aliphatic carbocycles. The lowest BCUT2D eigenvalue weighted by Crippen LogP contribution is -2.33. The Morgan fingerprint density at radius 2 is 2.17 bits per heavy atom. The van der Waals surface area contributed by atoms with Gasteiger partial charge in [-0.05, 0) is 12.2 Å². The molecule has 1 aliphatic rings. The Morgan fingerprint density at radius 3 is 2.88 bits per heavy atom. The van der Waals surface area contributed by atoms with E-state index < -0.39 is 31.1 Å². The molecular formula is C13H16N6O4S. The van der Waals surface area contributed by atoms with Gasteiger partial charge in [-0.1, -0.05) is 0 Å². The summed E-state index contributed by atoms with van der Waals surface area (Å²) in [5, 5.41) is 34.6. The first-order valence-electron chi connectivity index (χ1n) is 7.25. The van der Waals surface area contributed by atoms with Crippen molar-refractivity contribution in [3.05, 3.63) is 12.7 Å². The van der Waals surface area contributed by atoms with E-state index in [0.717, 1.165) is 0 Å². The van der Waals surface area contributed by atoms with E-state index >= 15 is 0 Å². The molecule has 0 spiro atoms. The average Bonchev–Trinajstić information content (AvgIpc) is 3.14. The Morgan fingerprint density at radius 1 is 1.33 bits per heavy atom. The van der Waals surface area contributed by atoms with Gasteiger partial charge in [0.15, 0.2) is 23.2 Å². The molecule has 11 heteroatoms. The lowest BCUT2D eigenvalue weighted by molar-refractivity contribution is -0.0511. The van der Waals surface area contributed by atoms with E-state index in [4.69, 9.17) is 4.74 Å². The highest BCUT2D eigenvalue weighted by molar-refractivity contribution is 7.78. The van der Waals surface area contributed by atoms with E-state index in [1.165, 1.54) is 17.2 Å². The zero-order valence-electron chi connectivity index (χ0n) is 12.5. The average molecular weight is 352 g/mol. The van der Waals surface area contributed by atoms with Crippen LogP contribution in [0, 0.1) is 0 Å². The topological polar surface area (TPSA) is 138 Å². The third-order valence-electron chi connectivity index (χ3n) is 3.73. The number of thiocarbonyl (C=S) groups is 1. The van der Waals surface area contributed by atoms with Gasteiger partial charge in [-0.25, -0.2) is 19.9 Å². The Hall–Kier alpha value is -2.01. The molecule has 0 saturated carbocycles. The van der Waals surface area contributed by atoms with Crippen LogP contribution in [-0.4, -0.2) is 78.0 Å². The maximum absolute atomic E-state index is 10.1. The van der Waals surface area contributed by atoms with E-state index in [-0.39, 0.29) is 0 Å². The summed E-state index contributed by atoms with van der Waals surface area (Å²) < 4.78 is 7.00. The summed E-state index contributed by atoms with van der Waals surface area (Å²) >= 11 is 4.50. The Labute approximate surface area is 141 Å². The van der Waals surface area contributed by atoms with Crippen molar-refractivity contribution in [1.29, 1.82) is 0 Å². The van der Waals surface area contributed by atoms with E-state index in [0.29, 0.717) is 30.1 Å². The van der Waals surface area contributed by atoms with Crippen LogP contribution in [0.25, 0.3) is 11.2 Å². The molecule has 0 radical (unpaired) electrons. The summed E-state index contributed by atoms with van der Waals surface area (Å²) in [7, 11) is 0. The van der Waals surface area contributed by atoms with Crippen LogP contribution >= 0.6 is 12.2 Å². The third-order valence-corrected chi connectivity index (χ3v) is 3.86. The number of aliphatic hydroxyl groups excluding tert-OH is 3. The van der Waals surface area contributed by atoms with Crippen LogP contribution < -0.4 is 5.32 Å². The van der Waals surface area contributed by atoms with Crippen molar-refractivity contribution < 1.29 is 20.1 Å². The number of anilines is 1. The molecule has 2 aromatic heterocycles. The lowest BCUT2D eigenvalue weighted by Gasteiger charge is -2.16. The minimum absolute atomic E-state index is 0.399. The fourth-order valence-corrected chi connectivity index (χ4v) is 2.64. The highest BCUT2D eigenvalue weighted by Crippen LogP contribution is 2.31. The molecule has 4 N–H and O–H groups in total. The van der Waals surface area contributed by atoms with Crippen molar-refractivity contribution in [2.45, 2.75) is 24.5 Å². The molecule has 4 atom stereocenters. The second-order valence-corrected chi connectivity index (χ2v) is 5.36. The van der Waals surface area contributed by atoms with E-state index in [9.17, 15) is 15.3 Å². The number of ether oxygens (including phenoxy) is 1. The maximum Gasteiger partial charge on any atom is 0.167 e. The van der Waals surface area contributed by atoms with Crippen molar-refractivity contribution in [3.63, 3.8) is 0 Å². The largest absolute Gasteiger partial charge is 0.394 e. The number of rotatable bonds is 6. The maximum atomic E-state index is 10.1. The highest BCUT2D eigenvalue weighted by Gasteiger charge is 2.43. The SMILES string of the molecule is OCC1OC(n2cnc3c(NCCN=C=S)ncnc32)C(O)C1O. The van der Waals surface area contributed by atoms with Gasteiger partial charge in [-0.3, -0.25) is 4.57 Å². The summed E-state index contributed by atoms with van der Waals surface area (Å²) in [6.45, 7) is 0.546. The van der Waals surface area contributed by atoms with E-state index in [1.54, 1.807) is 0 Å². The van der Waals surface area contributed by atoms with Gasteiger partial charge >= 0.3 is 0 Å². The number of fused-ring (bicyclic) bond motifs is 1. The second-order valence-electron chi connectivity index (χ2n) is 5.17. The molecule has 3 heterocycles. The molecular weight excluding hydrogens is 336 g/mol. The molecule has 0 aromatic carbocycles. The van der Waals surface area contributed by atoms with Crippen molar-refractivity contribution >= 4 is 34.4 Å². The first-order valence-corrected chi connectivity index (χ1v) is 7.65. The third kappa shape index (κ3) is 3.00. The monoisotopic (exact) mass is 352 g/mol. The summed E-state index contributed by atoms with van der Waals surface area (Å²) in [6.07, 6.45) is -1.36. The number of nitrogens with zero attached hydrogens (tertiary/aromatic N) is 5. The van der Waals surface area contributed by atoms with Gasteiger partial charge in [0.05, 0.1) is 24.6 Å². The number of hydrogen-bond acceptors (Lipinski definition) is 10. The van der Waals surface area contributed by atoms with Crippen LogP contribution in [0.15, 0.2) is 17.6 Å².